The maximum absolute atomic E-state index is 10.7. The van der Waals surface area contributed by atoms with Crippen LogP contribution in [0.15, 0.2) is 24.3 Å². The molecule has 0 saturated heterocycles. The third-order valence-electron chi connectivity index (χ3n) is 2.27. The van der Waals surface area contributed by atoms with E-state index in [9.17, 15) is 9.90 Å². The Morgan fingerprint density at radius 3 is 3.06 bits per heavy atom. The molecule has 1 heterocycles. The summed E-state index contributed by atoms with van der Waals surface area (Å²) in [6, 6.07) is -2.11. The third-order valence-corrected chi connectivity index (χ3v) is 2.27. The highest BCUT2D eigenvalue weighted by Gasteiger charge is 2.14. The number of phenolic OH excluding ortho intramolecular Hbond substituents is 1. The van der Waals surface area contributed by atoms with E-state index < -0.39 is 23.8 Å². The van der Waals surface area contributed by atoms with Gasteiger partial charge >= 0.3 is 5.97 Å². The standard InChI is InChI=1S/C11H12N2O3/c12-9(11(15)16)3-6-5-13-10-2-1-7(14)4-8(6)10/h1-2,4-5,9,13-14H,3,12H2,(H,15,16)/t9-/m0/s1/i1D,2D,4D. The molecule has 0 bridgehead atoms. The van der Waals surface area contributed by atoms with Crippen LogP contribution >= 0.6 is 0 Å². The van der Waals surface area contributed by atoms with Crippen molar-refractivity contribution >= 4 is 16.9 Å². The number of aromatic nitrogens is 1. The van der Waals surface area contributed by atoms with Gasteiger partial charge in [-0.2, -0.15) is 0 Å². The molecular weight excluding hydrogens is 208 g/mol. The SMILES string of the molecule is [2H]c1c(O)c([2H])c2c(C[C@H](N)C(=O)O)c[nH]c2c1[2H]. The lowest BCUT2D eigenvalue weighted by atomic mass is 10.1. The van der Waals surface area contributed by atoms with Crippen LogP contribution in [0.2, 0.25) is 0 Å². The van der Waals surface area contributed by atoms with Crippen molar-refractivity contribution in [2.75, 3.05) is 0 Å². The smallest absolute Gasteiger partial charge is 0.320 e. The predicted molar refractivity (Wildman–Crippen MR) is 59.3 cm³/mol. The molecule has 0 amide bonds. The molecule has 0 unspecified atom stereocenters. The van der Waals surface area contributed by atoms with E-state index in [0.717, 1.165) is 0 Å². The summed E-state index contributed by atoms with van der Waals surface area (Å²) in [6.45, 7) is 0. The van der Waals surface area contributed by atoms with Crippen LogP contribution < -0.4 is 5.73 Å². The Balaban J connectivity index is 2.63. The normalized spacial score (nSPS) is 15.4. The lowest BCUT2D eigenvalue weighted by Gasteiger charge is -2.04. The molecule has 2 rings (SSSR count). The molecule has 1 atom stereocenters. The molecule has 5 heteroatoms. The molecule has 0 aliphatic rings. The highest BCUT2D eigenvalue weighted by Crippen LogP contribution is 2.23. The van der Waals surface area contributed by atoms with Crippen LogP contribution in [0, 0.1) is 0 Å². The summed E-state index contributed by atoms with van der Waals surface area (Å²) in [5.74, 6) is -1.77. The molecule has 0 saturated carbocycles. The number of carbonyl (C=O) groups is 1. The number of aromatic hydroxyl groups is 1. The number of carboxylic acid groups (broad SMARTS) is 1. The van der Waals surface area contributed by atoms with E-state index in [-0.39, 0.29) is 29.4 Å². The first-order valence-electron chi connectivity index (χ1n) is 6.11. The molecule has 16 heavy (non-hydrogen) atoms. The van der Waals surface area contributed by atoms with Crippen LogP contribution in [0.25, 0.3) is 10.9 Å². The number of phenols is 1. The molecule has 0 fully saturated rings. The minimum absolute atomic E-state index is 0.0303. The topological polar surface area (TPSA) is 99.3 Å². The van der Waals surface area contributed by atoms with Crippen LogP contribution in [-0.2, 0) is 11.2 Å². The Morgan fingerprint density at radius 1 is 1.62 bits per heavy atom. The second kappa shape index (κ2) is 3.86. The summed E-state index contributed by atoms with van der Waals surface area (Å²) >= 11 is 0. The number of carboxylic acids is 1. The van der Waals surface area contributed by atoms with Crippen molar-refractivity contribution in [1.82, 2.24) is 4.98 Å². The largest absolute Gasteiger partial charge is 0.508 e. The lowest BCUT2D eigenvalue weighted by Crippen LogP contribution is -2.32. The zero-order valence-electron chi connectivity index (χ0n) is 11.2. The second-order valence-electron chi connectivity index (χ2n) is 3.44. The number of benzene rings is 1. The Labute approximate surface area is 95.7 Å². The fourth-order valence-corrected chi connectivity index (χ4v) is 1.46. The lowest BCUT2D eigenvalue weighted by molar-refractivity contribution is -0.138. The van der Waals surface area contributed by atoms with Crippen molar-refractivity contribution in [2.24, 2.45) is 5.73 Å². The van der Waals surface area contributed by atoms with Crippen LogP contribution in [0.1, 0.15) is 9.68 Å². The Bertz CT molecular complexity index is 669. The van der Waals surface area contributed by atoms with Gasteiger partial charge < -0.3 is 20.9 Å². The average Bonchev–Trinajstić information content (AvgIpc) is 2.77. The number of nitrogens with two attached hydrogens (primary N) is 1. The number of hydrogen-bond acceptors (Lipinski definition) is 3. The first-order valence-corrected chi connectivity index (χ1v) is 4.61. The number of aliphatic carboxylic acids is 1. The minimum Gasteiger partial charge on any atom is -0.508 e. The molecule has 1 aromatic carbocycles. The van der Waals surface area contributed by atoms with Gasteiger partial charge in [-0.25, -0.2) is 0 Å². The molecule has 5 nitrogen and oxygen atoms in total. The van der Waals surface area contributed by atoms with Gasteiger partial charge in [0.25, 0.3) is 0 Å². The Kier molecular flexibility index (Phi) is 1.76. The Morgan fingerprint density at radius 2 is 2.38 bits per heavy atom. The van der Waals surface area contributed by atoms with Gasteiger partial charge in [0.1, 0.15) is 11.8 Å². The summed E-state index contributed by atoms with van der Waals surface area (Å²) in [4.78, 5) is 13.5. The second-order valence-corrected chi connectivity index (χ2v) is 3.44. The van der Waals surface area contributed by atoms with Crippen molar-refractivity contribution < 1.29 is 19.1 Å². The summed E-state index contributed by atoms with van der Waals surface area (Å²) < 4.78 is 23.0. The van der Waals surface area contributed by atoms with Crippen molar-refractivity contribution in [1.29, 1.82) is 0 Å². The first-order chi connectivity index (χ1) is 8.84. The molecule has 0 spiro atoms. The molecular formula is C11H12N2O3. The van der Waals surface area contributed by atoms with E-state index in [1.54, 1.807) is 0 Å². The van der Waals surface area contributed by atoms with Gasteiger partial charge in [-0.1, -0.05) is 0 Å². The van der Waals surface area contributed by atoms with Gasteiger partial charge in [-0.3, -0.25) is 4.79 Å². The average molecular weight is 223 g/mol. The molecule has 0 radical (unpaired) electrons. The van der Waals surface area contributed by atoms with E-state index >= 15 is 0 Å². The predicted octanol–water partition coefficient (Wildman–Crippen LogP) is 0.828. The summed E-state index contributed by atoms with van der Waals surface area (Å²) in [5, 5.41) is 18.6. The molecule has 1 aromatic heterocycles. The van der Waals surface area contributed by atoms with Crippen LogP contribution in [0.4, 0.5) is 0 Å². The van der Waals surface area contributed by atoms with Crippen LogP contribution in [-0.4, -0.2) is 27.2 Å². The minimum atomic E-state index is -1.17. The molecule has 0 aliphatic heterocycles. The van der Waals surface area contributed by atoms with Crippen molar-refractivity contribution in [2.45, 2.75) is 12.5 Å². The summed E-state index contributed by atoms with van der Waals surface area (Å²) in [5.41, 5.74) is 6.09. The number of fused-ring (bicyclic) bond motifs is 1. The van der Waals surface area contributed by atoms with E-state index in [4.69, 9.17) is 15.0 Å². The van der Waals surface area contributed by atoms with Gasteiger partial charge in [-0.15, -0.1) is 0 Å². The van der Waals surface area contributed by atoms with Gasteiger partial charge in [0.15, 0.2) is 0 Å². The molecule has 5 N–H and O–H groups in total. The zero-order chi connectivity index (χ0) is 14.3. The van der Waals surface area contributed by atoms with E-state index in [1.165, 1.54) is 6.20 Å². The number of aromatic amines is 1. The van der Waals surface area contributed by atoms with Gasteiger partial charge in [0.2, 0.25) is 0 Å². The maximum atomic E-state index is 10.7. The first kappa shape index (κ1) is 7.29. The fraction of sp³-hybridized carbons (Fsp3) is 0.182. The monoisotopic (exact) mass is 223 g/mol. The number of H-pyrrole nitrogens is 1. The highest BCUT2D eigenvalue weighted by molar-refractivity contribution is 5.85. The third kappa shape index (κ3) is 1.85. The van der Waals surface area contributed by atoms with Gasteiger partial charge in [0, 0.05) is 23.5 Å². The van der Waals surface area contributed by atoms with E-state index in [1.807, 2.05) is 0 Å². The number of hydrogen-bond donors (Lipinski definition) is 4. The van der Waals surface area contributed by atoms with Gasteiger partial charge in [-0.05, 0) is 23.7 Å². The van der Waals surface area contributed by atoms with Crippen molar-refractivity contribution in [3.05, 3.63) is 29.9 Å². The van der Waals surface area contributed by atoms with Crippen LogP contribution in [0.5, 0.6) is 5.75 Å². The fourth-order valence-electron chi connectivity index (χ4n) is 1.46. The highest BCUT2D eigenvalue weighted by atomic mass is 16.4. The zero-order valence-corrected chi connectivity index (χ0v) is 8.24. The molecule has 2 aromatic rings. The molecule has 84 valence electrons. The Hall–Kier alpha value is -2.01. The summed E-state index contributed by atoms with van der Waals surface area (Å²) in [7, 11) is 0. The molecule has 0 aliphatic carbocycles. The van der Waals surface area contributed by atoms with Gasteiger partial charge in [0.05, 0.1) is 4.11 Å². The quantitative estimate of drug-likeness (QED) is 0.619. The summed E-state index contributed by atoms with van der Waals surface area (Å²) in [6.07, 6.45) is 1.42. The van der Waals surface area contributed by atoms with Crippen molar-refractivity contribution in [3.63, 3.8) is 0 Å². The van der Waals surface area contributed by atoms with E-state index in [0.29, 0.717) is 5.56 Å². The maximum Gasteiger partial charge on any atom is 0.320 e. The van der Waals surface area contributed by atoms with Crippen LogP contribution in [0.3, 0.4) is 0 Å². The van der Waals surface area contributed by atoms with E-state index in [2.05, 4.69) is 4.98 Å². The van der Waals surface area contributed by atoms with Crippen molar-refractivity contribution in [3.8, 4) is 5.75 Å². The number of rotatable bonds is 3. The number of nitrogens with one attached hydrogen (secondary N) is 1.